The van der Waals surface area contributed by atoms with Crippen molar-refractivity contribution in [2.24, 2.45) is 11.7 Å². The van der Waals surface area contributed by atoms with Gasteiger partial charge < -0.3 is 11.5 Å². The molecule has 1 rings (SSSR count). The molecule has 0 fully saturated rings. The molecule has 0 saturated heterocycles. The van der Waals surface area contributed by atoms with Crippen molar-refractivity contribution in [3.05, 3.63) is 23.8 Å². The third-order valence-corrected chi connectivity index (χ3v) is 3.70. The molecule has 0 spiro atoms. The number of primary amides is 1. The van der Waals surface area contributed by atoms with Crippen LogP contribution in [0, 0.1) is 5.92 Å². The van der Waals surface area contributed by atoms with Crippen molar-refractivity contribution in [2.75, 3.05) is 12.3 Å². The van der Waals surface area contributed by atoms with Crippen LogP contribution in [0.25, 0.3) is 0 Å². The summed E-state index contributed by atoms with van der Waals surface area (Å²) in [5.41, 5.74) is 10.8. The van der Waals surface area contributed by atoms with Crippen LogP contribution in [0.4, 0.5) is 5.69 Å². The van der Waals surface area contributed by atoms with Gasteiger partial charge in [0.05, 0.1) is 10.5 Å². The minimum absolute atomic E-state index is 0.00224. The highest BCUT2D eigenvalue weighted by Crippen LogP contribution is 2.17. The monoisotopic (exact) mass is 271 g/mol. The van der Waals surface area contributed by atoms with Crippen molar-refractivity contribution in [3.63, 3.8) is 0 Å². The molecule has 6 nitrogen and oxygen atoms in total. The number of nitrogens with two attached hydrogens (primary N) is 2. The van der Waals surface area contributed by atoms with Crippen LogP contribution in [0.2, 0.25) is 0 Å². The van der Waals surface area contributed by atoms with Crippen LogP contribution in [0.1, 0.15) is 24.2 Å². The van der Waals surface area contributed by atoms with Gasteiger partial charge in [-0.25, -0.2) is 13.1 Å². The fourth-order valence-electron chi connectivity index (χ4n) is 1.28. The van der Waals surface area contributed by atoms with E-state index >= 15 is 0 Å². The molecule has 0 aliphatic carbocycles. The zero-order valence-corrected chi connectivity index (χ0v) is 11.1. The molecule has 0 heterocycles. The highest BCUT2D eigenvalue weighted by atomic mass is 32.2. The van der Waals surface area contributed by atoms with Gasteiger partial charge >= 0.3 is 0 Å². The van der Waals surface area contributed by atoms with Gasteiger partial charge in [-0.2, -0.15) is 0 Å². The predicted molar refractivity (Wildman–Crippen MR) is 69.4 cm³/mol. The molecule has 0 unspecified atom stereocenters. The fourth-order valence-corrected chi connectivity index (χ4v) is 2.52. The number of anilines is 1. The number of hydrogen-bond donors (Lipinski definition) is 3. The number of nitrogen functional groups attached to an aromatic ring is 1. The molecule has 1 aromatic carbocycles. The molecule has 18 heavy (non-hydrogen) atoms. The van der Waals surface area contributed by atoms with Crippen LogP contribution < -0.4 is 16.2 Å². The molecular weight excluding hydrogens is 254 g/mol. The minimum atomic E-state index is -3.64. The number of amides is 1. The Labute approximate surface area is 106 Å². The van der Waals surface area contributed by atoms with Crippen LogP contribution in [-0.4, -0.2) is 20.9 Å². The third-order valence-electron chi connectivity index (χ3n) is 2.28. The zero-order chi connectivity index (χ0) is 13.9. The highest BCUT2D eigenvalue weighted by Gasteiger charge is 2.17. The Balaban J connectivity index is 3.10. The first-order chi connectivity index (χ1) is 8.24. The van der Waals surface area contributed by atoms with Gasteiger partial charge in [0, 0.05) is 12.2 Å². The summed E-state index contributed by atoms with van der Waals surface area (Å²) in [7, 11) is -3.64. The van der Waals surface area contributed by atoms with Gasteiger partial charge in [-0.3, -0.25) is 4.79 Å². The van der Waals surface area contributed by atoms with E-state index in [0.717, 1.165) is 0 Å². The SMILES string of the molecule is CC(C)CNS(=O)(=O)c1ccc(N)c(C(N)=O)c1. The number of hydrogen-bond acceptors (Lipinski definition) is 4. The minimum Gasteiger partial charge on any atom is -0.398 e. The summed E-state index contributed by atoms with van der Waals surface area (Å²) < 4.78 is 26.3. The van der Waals surface area contributed by atoms with E-state index in [1.165, 1.54) is 18.2 Å². The van der Waals surface area contributed by atoms with E-state index in [0.29, 0.717) is 6.54 Å². The van der Waals surface area contributed by atoms with Gasteiger partial charge in [0.2, 0.25) is 10.0 Å². The number of nitrogens with one attached hydrogen (secondary N) is 1. The second-order valence-corrected chi connectivity index (χ2v) is 6.13. The van der Waals surface area contributed by atoms with Crippen molar-refractivity contribution in [1.29, 1.82) is 0 Å². The largest absolute Gasteiger partial charge is 0.398 e. The molecule has 0 radical (unpaired) electrons. The zero-order valence-electron chi connectivity index (χ0n) is 10.3. The number of carbonyl (C=O) groups is 1. The average molecular weight is 271 g/mol. The summed E-state index contributed by atoms with van der Waals surface area (Å²) in [4.78, 5) is 11.1. The van der Waals surface area contributed by atoms with E-state index in [9.17, 15) is 13.2 Å². The Bertz CT molecular complexity index is 553. The Morgan fingerprint density at radius 1 is 1.39 bits per heavy atom. The molecular formula is C11H17N3O3S. The van der Waals surface area contributed by atoms with E-state index in [1.54, 1.807) is 0 Å². The lowest BCUT2D eigenvalue weighted by molar-refractivity contribution is 0.100. The molecule has 1 aromatic rings. The highest BCUT2D eigenvalue weighted by molar-refractivity contribution is 7.89. The molecule has 7 heteroatoms. The number of rotatable bonds is 5. The molecule has 0 saturated carbocycles. The first-order valence-electron chi connectivity index (χ1n) is 5.43. The normalized spacial score (nSPS) is 11.7. The lowest BCUT2D eigenvalue weighted by Gasteiger charge is -2.10. The van der Waals surface area contributed by atoms with E-state index in [4.69, 9.17) is 11.5 Å². The topological polar surface area (TPSA) is 115 Å². The van der Waals surface area contributed by atoms with Gasteiger partial charge in [-0.1, -0.05) is 13.8 Å². The van der Waals surface area contributed by atoms with E-state index < -0.39 is 15.9 Å². The maximum absolute atomic E-state index is 11.9. The second-order valence-electron chi connectivity index (χ2n) is 4.36. The first-order valence-corrected chi connectivity index (χ1v) is 6.91. The Morgan fingerprint density at radius 3 is 2.50 bits per heavy atom. The number of carbonyl (C=O) groups excluding carboxylic acids is 1. The summed E-state index contributed by atoms with van der Waals surface area (Å²) >= 11 is 0. The molecule has 1 amide bonds. The maximum Gasteiger partial charge on any atom is 0.250 e. The second kappa shape index (κ2) is 5.36. The van der Waals surface area contributed by atoms with Gasteiger partial charge in [-0.15, -0.1) is 0 Å². The Hall–Kier alpha value is -1.60. The van der Waals surface area contributed by atoms with Crippen molar-refractivity contribution in [1.82, 2.24) is 4.72 Å². The van der Waals surface area contributed by atoms with Crippen LogP contribution in [0.3, 0.4) is 0 Å². The maximum atomic E-state index is 11.9. The van der Waals surface area contributed by atoms with E-state index in [1.807, 2.05) is 13.8 Å². The summed E-state index contributed by atoms with van der Waals surface area (Å²) in [6, 6.07) is 3.87. The van der Waals surface area contributed by atoms with Crippen molar-refractivity contribution in [2.45, 2.75) is 18.7 Å². The van der Waals surface area contributed by atoms with E-state index in [-0.39, 0.29) is 22.1 Å². The number of benzene rings is 1. The molecule has 5 N–H and O–H groups in total. The lowest BCUT2D eigenvalue weighted by atomic mass is 10.2. The fraction of sp³-hybridized carbons (Fsp3) is 0.364. The molecule has 100 valence electrons. The van der Waals surface area contributed by atoms with Gasteiger partial charge in [-0.05, 0) is 24.1 Å². The van der Waals surface area contributed by atoms with Crippen LogP contribution >= 0.6 is 0 Å². The Morgan fingerprint density at radius 2 is 2.00 bits per heavy atom. The van der Waals surface area contributed by atoms with Crippen LogP contribution in [0.15, 0.2) is 23.1 Å². The third kappa shape index (κ3) is 3.44. The van der Waals surface area contributed by atoms with Crippen LogP contribution in [0.5, 0.6) is 0 Å². The standard InChI is InChI=1S/C11H17N3O3S/c1-7(2)6-14-18(16,17)8-3-4-10(12)9(5-8)11(13)15/h3-5,7,14H,6,12H2,1-2H3,(H2,13,15). The predicted octanol–water partition coefficient (Wildman–Crippen LogP) is 0.302. The molecule has 0 bridgehead atoms. The average Bonchev–Trinajstić information content (AvgIpc) is 2.26. The van der Waals surface area contributed by atoms with Gasteiger partial charge in [0.1, 0.15) is 0 Å². The van der Waals surface area contributed by atoms with Gasteiger partial charge in [0.15, 0.2) is 0 Å². The van der Waals surface area contributed by atoms with Crippen molar-refractivity contribution in [3.8, 4) is 0 Å². The van der Waals surface area contributed by atoms with Gasteiger partial charge in [0.25, 0.3) is 5.91 Å². The van der Waals surface area contributed by atoms with Crippen molar-refractivity contribution >= 4 is 21.6 Å². The number of sulfonamides is 1. The van der Waals surface area contributed by atoms with E-state index in [2.05, 4.69) is 4.72 Å². The molecule has 0 aliphatic rings. The molecule has 0 aliphatic heterocycles. The molecule has 0 atom stereocenters. The smallest absolute Gasteiger partial charge is 0.250 e. The summed E-state index contributed by atoms with van der Waals surface area (Å²) in [6.07, 6.45) is 0. The quantitative estimate of drug-likeness (QED) is 0.668. The van der Waals surface area contributed by atoms with Crippen LogP contribution in [-0.2, 0) is 10.0 Å². The lowest BCUT2D eigenvalue weighted by Crippen LogP contribution is -2.28. The summed E-state index contributed by atoms with van der Waals surface area (Å²) in [5, 5.41) is 0. The summed E-state index contributed by atoms with van der Waals surface area (Å²) in [5.74, 6) is -0.572. The molecule has 0 aromatic heterocycles. The Kier molecular flexibility index (Phi) is 4.31. The first kappa shape index (κ1) is 14.5. The summed E-state index contributed by atoms with van der Waals surface area (Å²) in [6.45, 7) is 4.10. The van der Waals surface area contributed by atoms with Crippen molar-refractivity contribution < 1.29 is 13.2 Å².